The molecule has 0 heterocycles. The van der Waals surface area contributed by atoms with Crippen LogP contribution in [0.2, 0.25) is 0 Å². The van der Waals surface area contributed by atoms with Gasteiger partial charge in [-0.05, 0) is 12.1 Å². The number of carboxylic acid groups (broad SMARTS) is 1. The maximum atomic E-state index is 12.3. The average Bonchev–Trinajstić information content (AvgIpc) is 2.42. The summed E-state index contributed by atoms with van der Waals surface area (Å²) in [5, 5.41) is 18.0. The van der Waals surface area contributed by atoms with E-state index in [4.69, 9.17) is 14.9 Å². The number of methoxy groups -OCH3 is 1. The molecule has 1 aromatic rings. The number of ether oxygens (including phenoxy) is 1. The Morgan fingerprint density at radius 1 is 1.21 bits per heavy atom. The lowest BCUT2D eigenvalue weighted by Gasteiger charge is -2.22. The third-order valence-corrected chi connectivity index (χ3v) is 2.61. The van der Waals surface area contributed by atoms with Gasteiger partial charge in [-0.25, -0.2) is 4.79 Å². The number of aliphatic hydroxyl groups is 1. The molecule has 6 heteroatoms. The van der Waals surface area contributed by atoms with Gasteiger partial charge in [-0.3, -0.25) is 4.79 Å². The van der Waals surface area contributed by atoms with Crippen LogP contribution in [-0.4, -0.2) is 60.4 Å². The van der Waals surface area contributed by atoms with Crippen LogP contribution in [0.5, 0.6) is 0 Å². The molecule has 0 fully saturated rings. The molecule has 0 bridgehead atoms. The Balaban J connectivity index is 2.98. The second-order valence-electron chi connectivity index (χ2n) is 3.86. The second-order valence-corrected chi connectivity index (χ2v) is 3.86. The van der Waals surface area contributed by atoms with E-state index in [1.807, 2.05) is 0 Å². The normalized spacial score (nSPS) is 10.2. The number of aliphatic hydroxyl groups excluding tert-OH is 1. The Kier molecular flexibility index (Phi) is 5.98. The fourth-order valence-electron chi connectivity index (χ4n) is 1.66. The van der Waals surface area contributed by atoms with E-state index in [2.05, 4.69) is 0 Å². The highest BCUT2D eigenvalue weighted by atomic mass is 16.5. The molecule has 0 unspecified atom stereocenters. The van der Waals surface area contributed by atoms with Crippen LogP contribution >= 0.6 is 0 Å². The van der Waals surface area contributed by atoms with E-state index in [9.17, 15) is 9.59 Å². The summed E-state index contributed by atoms with van der Waals surface area (Å²) < 4.78 is 4.89. The first-order valence-electron chi connectivity index (χ1n) is 5.83. The molecule has 0 radical (unpaired) electrons. The molecular formula is C13H17NO5. The highest BCUT2D eigenvalue weighted by Crippen LogP contribution is 2.12. The number of nitrogens with zero attached hydrogens (tertiary/aromatic N) is 1. The lowest BCUT2D eigenvalue weighted by Crippen LogP contribution is -2.36. The molecule has 1 rings (SSSR count). The molecule has 104 valence electrons. The van der Waals surface area contributed by atoms with Gasteiger partial charge in [0.25, 0.3) is 5.91 Å². The highest BCUT2D eigenvalue weighted by Gasteiger charge is 2.20. The summed E-state index contributed by atoms with van der Waals surface area (Å²) in [6.45, 7) is 0.561. The SMILES string of the molecule is COCCN(CCO)C(=O)c1ccccc1C(=O)O. The van der Waals surface area contributed by atoms with Gasteiger partial charge in [0.1, 0.15) is 0 Å². The van der Waals surface area contributed by atoms with Crippen molar-refractivity contribution in [1.82, 2.24) is 4.90 Å². The smallest absolute Gasteiger partial charge is 0.336 e. The van der Waals surface area contributed by atoms with Crippen molar-refractivity contribution in [3.63, 3.8) is 0 Å². The largest absolute Gasteiger partial charge is 0.478 e. The third kappa shape index (κ3) is 4.04. The van der Waals surface area contributed by atoms with E-state index in [-0.39, 0.29) is 24.3 Å². The Labute approximate surface area is 111 Å². The number of carbonyl (C=O) groups is 2. The molecule has 2 N–H and O–H groups in total. The number of carbonyl (C=O) groups excluding carboxylic acids is 1. The van der Waals surface area contributed by atoms with E-state index in [0.717, 1.165) is 0 Å². The summed E-state index contributed by atoms with van der Waals surface area (Å²) in [6.07, 6.45) is 0. The van der Waals surface area contributed by atoms with Crippen molar-refractivity contribution in [3.05, 3.63) is 35.4 Å². The topological polar surface area (TPSA) is 87.1 Å². The average molecular weight is 267 g/mol. The first kappa shape index (κ1) is 15.1. The fraction of sp³-hybridized carbons (Fsp3) is 0.385. The van der Waals surface area contributed by atoms with Gasteiger partial charge < -0.3 is 19.8 Å². The summed E-state index contributed by atoms with van der Waals surface area (Å²) in [6, 6.07) is 6.00. The summed E-state index contributed by atoms with van der Waals surface area (Å²) in [5.41, 5.74) is 0.0624. The van der Waals surface area contributed by atoms with Crippen LogP contribution < -0.4 is 0 Å². The minimum Gasteiger partial charge on any atom is -0.478 e. The summed E-state index contributed by atoms with van der Waals surface area (Å²) in [7, 11) is 1.51. The van der Waals surface area contributed by atoms with Crippen molar-refractivity contribution in [1.29, 1.82) is 0 Å². The minimum atomic E-state index is -1.15. The van der Waals surface area contributed by atoms with Gasteiger partial charge in [-0.1, -0.05) is 12.1 Å². The maximum Gasteiger partial charge on any atom is 0.336 e. The Morgan fingerprint density at radius 2 is 1.84 bits per heavy atom. The quantitative estimate of drug-likeness (QED) is 0.749. The Bertz CT molecular complexity index is 446. The van der Waals surface area contributed by atoms with Crippen LogP contribution in [0.4, 0.5) is 0 Å². The van der Waals surface area contributed by atoms with Gasteiger partial charge in [0.15, 0.2) is 0 Å². The fourth-order valence-corrected chi connectivity index (χ4v) is 1.66. The number of hydrogen-bond acceptors (Lipinski definition) is 4. The minimum absolute atomic E-state index is 0.0483. The number of aromatic carboxylic acids is 1. The molecule has 19 heavy (non-hydrogen) atoms. The molecular weight excluding hydrogens is 250 g/mol. The predicted molar refractivity (Wildman–Crippen MR) is 68.3 cm³/mol. The van der Waals surface area contributed by atoms with Crippen LogP contribution in [0.25, 0.3) is 0 Å². The summed E-state index contributed by atoms with van der Waals surface area (Å²) in [5.74, 6) is -1.58. The van der Waals surface area contributed by atoms with Crippen LogP contribution in [0, 0.1) is 0 Å². The molecule has 6 nitrogen and oxygen atoms in total. The van der Waals surface area contributed by atoms with Gasteiger partial charge in [-0.2, -0.15) is 0 Å². The molecule has 0 aliphatic rings. The number of rotatable bonds is 7. The zero-order valence-corrected chi connectivity index (χ0v) is 10.7. The summed E-state index contributed by atoms with van der Waals surface area (Å²) in [4.78, 5) is 24.7. The monoisotopic (exact) mass is 267 g/mol. The standard InChI is InChI=1S/C13H17NO5/c1-19-9-7-14(6-8-15)12(16)10-4-2-3-5-11(10)13(17)18/h2-5,15H,6-9H2,1H3,(H,17,18). The number of carboxylic acids is 1. The molecule has 0 atom stereocenters. The molecule has 0 aliphatic heterocycles. The molecule has 0 saturated carbocycles. The van der Waals surface area contributed by atoms with E-state index in [0.29, 0.717) is 13.2 Å². The van der Waals surface area contributed by atoms with Crippen molar-refractivity contribution in [2.24, 2.45) is 0 Å². The van der Waals surface area contributed by atoms with E-state index in [1.54, 1.807) is 12.1 Å². The number of amides is 1. The lowest BCUT2D eigenvalue weighted by atomic mass is 10.1. The summed E-state index contributed by atoms with van der Waals surface area (Å²) >= 11 is 0. The van der Waals surface area contributed by atoms with Crippen molar-refractivity contribution in [2.45, 2.75) is 0 Å². The van der Waals surface area contributed by atoms with Crippen molar-refractivity contribution in [2.75, 3.05) is 33.4 Å². The molecule has 0 aliphatic carbocycles. The number of hydrogen-bond donors (Lipinski definition) is 2. The maximum absolute atomic E-state index is 12.3. The predicted octanol–water partition coefficient (Wildman–Crippen LogP) is 0.466. The first-order valence-corrected chi connectivity index (χ1v) is 5.83. The van der Waals surface area contributed by atoms with E-state index >= 15 is 0 Å². The van der Waals surface area contributed by atoms with Gasteiger partial charge in [-0.15, -0.1) is 0 Å². The molecule has 0 saturated heterocycles. The second kappa shape index (κ2) is 7.50. The zero-order chi connectivity index (χ0) is 14.3. The van der Waals surface area contributed by atoms with Crippen molar-refractivity contribution in [3.8, 4) is 0 Å². The van der Waals surface area contributed by atoms with Crippen molar-refractivity contribution < 1.29 is 24.5 Å². The van der Waals surface area contributed by atoms with Crippen molar-refractivity contribution >= 4 is 11.9 Å². The van der Waals surface area contributed by atoms with Gasteiger partial charge in [0.05, 0.1) is 24.3 Å². The Morgan fingerprint density at radius 3 is 2.37 bits per heavy atom. The zero-order valence-electron chi connectivity index (χ0n) is 10.7. The molecule has 0 aromatic heterocycles. The van der Waals surface area contributed by atoms with Crippen LogP contribution in [0.15, 0.2) is 24.3 Å². The van der Waals surface area contributed by atoms with Gasteiger partial charge in [0, 0.05) is 20.2 Å². The Hall–Kier alpha value is -1.92. The molecule has 1 aromatic carbocycles. The first-order chi connectivity index (χ1) is 9.11. The highest BCUT2D eigenvalue weighted by molar-refractivity contribution is 6.04. The van der Waals surface area contributed by atoms with Crippen LogP contribution in [0.3, 0.4) is 0 Å². The van der Waals surface area contributed by atoms with Gasteiger partial charge >= 0.3 is 5.97 Å². The van der Waals surface area contributed by atoms with Gasteiger partial charge in [0.2, 0.25) is 0 Å². The number of benzene rings is 1. The lowest BCUT2D eigenvalue weighted by molar-refractivity contribution is 0.0632. The van der Waals surface area contributed by atoms with Crippen LogP contribution in [-0.2, 0) is 4.74 Å². The van der Waals surface area contributed by atoms with Crippen LogP contribution in [0.1, 0.15) is 20.7 Å². The van der Waals surface area contributed by atoms with E-state index in [1.165, 1.54) is 24.1 Å². The molecule has 0 spiro atoms. The third-order valence-electron chi connectivity index (χ3n) is 2.61. The molecule has 1 amide bonds. The van der Waals surface area contributed by atoms with E-state index < -0.39 is 11.9 Å².